The van der Waals surface area contributed by atoms with Gasteiger partial charge in [0, 0.05) is 10.1 Å². The molecule has 2 aliphatic heterocycles. The molecule has 13 heteroatoms. The molecule has 5 atom stereocenters. The zero-order valence-electron chi connectivity index (χ0n) is 24.8. The van der Waals surface area contributed by atoms with Crippen molar-refractivity contribution in [3.63, 3.8) is 0 Å². The Balaban J connectivity index is 1.81. The molecule has 9 nitrogen and oxygen atoms in total. The molecule has 0 saturated carbocycles. The summed E-state index contributed by atoms with van der Waals surface area (Å²) < 4.78 is 35.2. The molecule has 0 bridgehead atoms. The molecule has 43 heavy (non-hydrogen) atoms. The van der Waals surface area contributed by atoms with Crippen LogP contribution in [-0.4, -0.2) is 67.5 Å². The highest BCUT2D eigenvalue weighted by atomic mass is 35.6. The fourth-order valence-electron chi connectivity index (χ4n) is 5.56. The number of benzene rings is 2. The molecular formula is C30H36Cl3NO8Si. The van der Waals surface area contributed by atoms with E-state index in [1.807, 2.05) is 41.5 Å². The highest BCUT2D eigenvalue weighted by Gasteiger charge is 2.66. The van der Waals surface area contributed by atoms with Gasteiger partial charge in [-0.05, 0) is 24.3 Å². The van der Waals surface area contributed by atoms with E-state index in [2.05, 4.69) is 0 Å². The van der Waals surface area contributed by atoms with Crippen molar-refractivity contribution in [1.29, 1.82) is 5.41 Å². The third kappa shape index (κ3) is 7.22. The van der Waals surface area contributed by atoms with E-state index < -0.39 is 71.0 Å². The van der Waals surface area contributed by atoms with Crippen LogP contribution in [0.15, 0.2) is 60.7 Å². The number of carbonyl (C=O) groups excluding carboxylic acids is 2. The highest BCUT2D eigenvalue weighted by molar-refractivity contribution is 6.76. The number of alkyl halides is 3. The second-order valence-electron chi connectivity index (χ2n) is 12.5. The van der Waals surface area contributed by atoms with Gasteiger partial charge in [-0.2, -0.15) is 0 Å². The first-order chi connectivity index (χ1) is 19.9. The Hall–Kier alpha value is -2.18. The van der Waals surface area contributed by atoms with Gasteiger partial charge in [0.25, 0.3) is 3.79 Å². The van der Waals surface area contributed by atoms with Gasteiger partial charge in [-0.25, -0.2) is 9.59 Å². The summed E-state index contributed by atoms with van der Waals surface area (Å²) in [6.45, 7) is 12.3. The van der Waals surface area contributed by atoms with Gasteiger partial charge >= 0.3 is 20.5 Å². The number of rotatable bonds is 5. The van der Waals surface area contributed by atoms with Crippen molar-refractivity contribution in [2.45, 2.75) is 86.1 Å². The SMILES string of the molecule is CC(C)(C)[Si]1(C(C)(C)C)OC[C@H]2O[C@H](OC(=N)C(Cl)(Cl)Cl)[C@H](OC(=O)c3ccccc3)[C@@H](OC(=O)c3ccccc3)[C@H]2O1. The van der Waals surface area contributed by atoms with Crippen LogP contribution in [0.5, 0.6) is 0 Å². The monoisotopic (exact) mass is 671 g/mol. The lowest BCUT2D eigenvalue weighted by Crippen LogP contribution is -2.72. The zero-order valence-corrected chi connectivity index (χ0v) is 28.0. The minimum absolute atomic E-state index is 0.0606. The lowest BCUT2D eigenvalue weighted by Gasteiger charge is -2.57. The van der Waals surface area contributed by atoms with Crippen molar-refractivity contribution in [3.05, 3.63) is 71.8 Å². The number of hydrogen-bond donors (Lipinski definition) is 1. The molecule has 4 rings (SSSR count). The summed E-state index contributed by atoms with van der Waals surface area (Å²) in [5.41, 5.74) is 0.501. The van der Waals surface area contributed by atoms with Crippen LogP contribution in [0, 0.1) is 5.41 Å². The summed E-state index contributed by atoms with van der Waals surface area (Å²) in [4.78, 5) is 26.9. The molecule has 234 valence electrons. The van der Waals surface area contributed by atoms with Gasteiger partial charge in [-0.1, -0.05) is 113 Å². The summed E-state index contributed by atoms with van der Waals surface area (Å²) >= 11 is 17.8. The number of ether oxygens (including phenoxy) is 4. The predicted octanol–water partition coefficient (Wildman–Crippen LogP) is 6.98. The van der Waals surface area contributed by atoms with E-state index in [0.717, 1.165) is 0 Å². The van der Waals surface area contributed by atoms with Gasteiger partial charge < -0.3 is 27.8 Å². The Labute approximate surface area is 267 Å². The van der Waals surface area contributed by atoms with E-state index in [4.69, 9.17) is 68.0 Å². The summed E-state index contributed by atoms with van der Waals surface area (Å²) in [6, 6.07) is 16.6. The number of carbonyl (C=O) groups is 2. The molecule has 0 unspecified atom stereocenters. The lowest BCUT2D eigenvalue weighted by atomic mass is 9.98. The number of esters is 2. The first-order valence-electron chi connectivity index (χ1n) is 13.8. The third-order valence-electron chi connectivity index (χ3n) is 7.32. The maximum atomic E-state index is 13.5. The van der Waals surface area contributed by atoms with Crippen molar-refractivity contribution >= 4 is 61.2 Å². The van der Waals surface area contributed by atoms with Gasteiger partial charge in [0.1, 0.15) is 12.2 Å². The van der Waals surface area contributed by atoms with Crippen LogP contribution in [0.25, 0.3) is 0 Å². The normalized spacial score (nSPS) is 25.7. The van der Waals surface area contributed by atoms with E-state index in [1.165, 1.54) is 0 Å². The van der Waals surface area contributed by atoms with Crippen molar-refractivity contribution in [2.75, 3.05) is 6.61 Å². The molecule has 2 aliphatic rings. The summed E-state index contributed by atoms with van der Waals surface area (Å²) in [7, 11) is -3.14. The summed E-state index contributed by atoms with van der Waals surface area (Å²) in [5.74, 6) is -2.21. The Bertz CT molecular complexity index is 1300. The Kier molecular flexibility index (Phi) is 9.93. The quantitative estimate of drug-likeness (QED) is 0.119. The Morgan fingerprint density at radius 2 is 1.26 bits per heavy atom. The maximum Gasteiger partial charge on any atom is 0.349 e. The number of halogens is 3. The second kappa shape index (κ2) is 12.7. The molecule has 2 aromatic carbocycles. The van der Waals surface area contributed by atoms with E-state index in [-0.39, 0.29) is 17.7 Å². The summed E-state index contributed by atoms with van der Waals surface area (Å²) in [6.07, 6.45) is -5.98. The minimum Gasteiger partial charge on any atom is -0.452 e. The van der Waals surface area contributed by atoms with E-state index in [9.17, 15) is 9.59 Å². The van der Waals surface area contributed by atoms with Crippen molar-refractivity contribution in [2.24, 2.45) is 0 Å². The molecule has 1 N–H and O–H groups in total. The zero-order chi connectivity index (χ0) is 31.8. The van der Waals surface area contributed by atoms with Crippen molar-refractivity contribution in [1.82, 2.24) is 0 Å². The van der Waals surface area contributed by atoms with Crippen LogP contribution in [0.4, 0.5) is 0 Å². The molecule has 0 spiro atoms. The van der Waals surface area contributed by atoms with Crippen LogP contribution in [0.2, 0.25) is 10.1 Å². The number of nitrogens with one attached hydrogen (secondary N) is 1. The van der Waals surface area contributed by atoms with Gasteiger partial charge in [0.2, 0.25) is 18.3 Å². The highest BCUT2D eigenvalue weighted by Crippen LogP contribution is 2.55. The standard InChI is InChI=1S/C30H36Cl3NO8Si/c1-28(2,3)43(29(4,5)6)37-17-20-21(42-43)22(39-24(35)18-13-9-7-10-14-18)23(26(38-20)41-27(34)30(31,32)33)40-25(36)19-15-11-8-12-16-19/h7-16,20-23,26,34H,17H2,1-6H3/t20-,21+,22+,23-,26-/m1/s1. The molecule has 0 amide bonds. The second-order valence-corrected chi connectivity index (χ2v) is 19.5. The lowest BCUT2D eigenvalue weighted by molar-refractivity contribution is -0.289. The first-order valence-corrected chi connectivity index (χ1v) is 16.7. The molecule has 2 heterocycles. The molecule has 2 fully saturated rings. The average Bonchev–Trinajstić information content (AvgIpc) is 2.93. The molecule has 0 aliphatic carbocycles. The maximum absolute atomic E-state index is 13.5. The van der Waals surface area contributed by atoms with Crippen LogP contribution in [0.3, 0.4) is 0 Å². The number of hydrogen-bond acceptors (Lipinski definition) is 9. The minimum atomic E-state index is -3.14. The first kappa shape index (κ1) is 33.7. The van der Waals surface area contributed by atoms with Crippen molar-refractivity contribution in [3.8, 4) is 0 Å². The molecule has 2 aromatic rings. The van der Waals surface area contributed by atoms with Crippen LogP contribution in [0.1, 0.15) is 62.3 Å². The third-order valence-corrected chi connectivity index (χ3v) is 13.0. The molecule has 2 saturated heterocycles. The number of fused-ring (bicyclic) bond motifs is 1. The molecule has 0 aromatic heterocycles. The largest absolute Gasteiger partial charge is 0.452 e. The van der Waals surface area contributed by atoms with E-state index in [0.29, 0.717) is 0 Å². The van der Waals surface area contributed by atoms with Gasteiger partial charge in [0.15, 0.2) is 6.10 Å². The Morgan fingerprint density at radius 1 is 0.791 bits per heavy atom. The average molecular weight is 673 g/mol. The fourth-order valence-corrected chi connectivity index (χ4v) is 10.7. The van der Waals surface area contributed by atoms with Crippen LogP contribution < -0.4 is 0 Å². The van der Waals surface area contributed by atoms with Crippen LogP contribution >= 0.6 is 34.8 Å². The van der Waals surface area contributed by atoms with Gasteiger partial charge in [-0.15, -0.1) is 0 Å². The summed E-state index contributed by atoms with van der Waals surface area (Å²) in [5, 5.41) is 7.36. The molecular weight excluding hydrogens is 637 g/mol. The van der Waals surface area contributed by atoms with Crippen molar-refractivity contribution < 1.29 is 37.4 Å². The Morgan fingerprint density at radius 3 is 1.70 bits per heavy atom. The topological polar surface area (TPSA) is 113 Å². The van der Waals surface area contributed by atoms with E-state index in [1.54, 1.807) is 60.7 Å². The predicted molar refractivity (Wildman–Crippen MR) is 165 cm³/mol. The van der Waals surface area contributed by atoms with Gasteiger partial charge in [-0.3, -0.25) is 5.41 Å². The fraction of sp³-hybridized carbons (Fsp3) is 0.500. The van der Waals surface area contributed by atoms with E-state index >= 15 is 0 Å². The molecule has 0 radical (unpaired) electrons. The van der Waals surface area contributed by atoms with Crippen LogP contribution in [-0.2, 0) is 27.8 Å². The van der Waals surface area contributed by atoms with Gasteiger partial charge in [0.05, 0.1) is 17.7 Å². The smallest absolute Gasteiger partial charge is 0.349 e.